The van der Waals surface area contributed by atoms with Gasteiger partial charge in [-0.1, -0.05) is 18.2 Å². The van der Waals surface area contributed by atoms with Crippen molar-refractivity contribution in [3.05, 3.63) is 30.3 Å². The molecule has 0 aromatic heterocycles. The van der Waals surface area contributed by atoms with Crippen molar-refractivity contribution >= 4 is 11.8 Å². The number of benzene rings is 1. The minimum Gasteiger partial charge on any atom is -0.440 e. The average Bonchev–Trinajstić information content (AvgIpc) is 1.14. The Morgan fingerprint density at radius 2 is 0.512 bits per heavy atom. The van der Waals surface area contributed by atoms with Crippen molar-refractivity contribution in [2.45, 2.75) is 215 Å². The lowest BCUT2D eigenvalue weighted by molar-refractivity contribution is -0.396. The molecule has 14 bridgehead atoms. The molecule has 21 saturated heterocycles. The van der Waals surface area contributed by atoms with Gasteiger partial charge in [0.15, 0.2) is 50.1 Å². The van der Waals surface area contributed by atoms with Crippen LogP contribution in [-0.2, 0) is 71.1 Å². The summed E-state index contributed by atoms with van der Waals surface area (Å²) < 4.78 is 86.5. The molecule has 37 nitrogen and oxygen atoms in total. The zero-order chi connectivity index (χ0) is 62.2. The number of carbonyl (C=O) groups is 1. The van der Waals surface area contributed by atoms with Gasteiger partial charge in [-0.05, 0) is 12.1 Å². The maximum absolute atomic E-state index is 13.6. The standard InChI is InChI=1S/C49H75NO36/c51-6-14-34-22(59)28(65)43(73-14)81-36-16(8-53)75-45(30(67)24(36)61)83-38-18(10-55)77-47(32(69)26(38)63)85-40-20(12-57)78-48(33(70)41(40)86-49(71)50-13-4-2-1-3-5-13)84-39-19(11-56)76-46(31(68)25(39)62)82-37-17(9-54)74-44(29(66)23(37)60)80-35-15(7-52)72-42(79-34)27(64)21(35)58/h1-5,14-48,51-70H,6-12H2,(H,50,71)/t14-,15-,16-,17-,18-,19-,20-,21-,22+,23-,24+,25-,26+,27-,28+,29-,30+,31-,32+,33-,34-,35-,36-,37-,38-,39-,40-,41-,42-,43-,44-,45-,46-,47-,48-/m1/s1. The lowest BCUT2D eigenvalue weighted by atomic mass is 9.95. The van der Waals surface area contributed by atoms with Gasteiger partial charge in [-0.2, -0.15) is 0 Å². The number of para-hydroxylation sites is 1. The van der Waals surface area contributed by atoms with E-state index in [1.165, 1.54) is 12.1 Å². The first kappa shape index (κ1) is 67.5. The second-order valence-electron chi connectivity index (χ2n) is 21.5. The van der Waals surface area contributed by atoms with Gasteiger partial charge in [0.1, 0.15) is 165 Å². The van der Waals surface area contributed by atoms with Crippen molar-refractivity contribution in [1.82, 2.24) is 0 Å². The second-order valence-corrected chi connectivity index (χ2v) is 21.5. The van der Waals surface area contributed by atoms with Crippen LogP contribution in [-0.4, -0.2) is 369 Å². The van der Waals surface area contributed by atoms with Crippen molar-refractivity contribution in [1.29, 1.82) is 0 Å². The number of amides is 1. The SMILES string of the molecule is O=C(Nc1ccccc1)O[C@@H]1[C@@H](O)[C@H]2O[C@H]3[C@H](O)[C@@H](O)[C@@H](O[C@H]4[C@H](O)[C@@H](O)[C@@H](O[C@H]5[C@H](O)[C@@H](O)[C@@H](O[C@H]6[C@@H](O)[C@H](O)[C@@H](O[C@H]7[C@@H](O)[C@H](O)[C@@H](O[C@H]8[C@@H](O)[C@H](O)[C@@H](O[C@@H]1[C@@H](CO)O2)O[C@@H]8CO)O[C@@H]7CO)O[C@@H]6CO)O[C@@H]5CO)O[C@@H]4CO)O[C@@H]3CO. The van der Waals surface area contributed by atoms with Crippen LogP contribution in [0.25, 0.3) is 0 Å². The molecule has 0 spiro atoms. The van der Waals surface area contributed by atoms with Crippen molar-refractivity contribution in [2.75, 3.05) is 51.6 Å². The third-order valence-corrected chi connectivity index (χ3v) is 16.0. The Kier molecular flexibility index (Phi) is 22.9. The number of aliphatic hydroxyl groups excluding tert-OH is 20. The van der Waals surface area contributed by atoms with E-state index in [1.807, 2.05) is 0 Å². The number of rotatable bonds is 9. The maximum atomic E-state index is 13.6. The molecule has 0 radical (unpaired) electrons. The number of hydrogen-bond acceptors (Lipinski definition) is 36. The first-order valence-electron chi connectivity index (χ1n) is 27.4. The fourth-order valence-electron chi connectivity index (χ4n) is 11.3. The summed E-state index contributed by atoms with van der Waals surface area (Å²) >= 11 is 0. The number of ether oxygens (including phenoxy) is 15. The van der Waals surface area contributed by atoms with E-state index >= 15 is 0 Å². The highest BCUT2D eigenvalue weighted by atomic mass is 16.8. The minimum atomic E-state index is -2.29. The zero-order valence-corrected chi connectivity index (χ0v) is 45.0. The fraction of sp³-hybridized carbons (Fsp3) is 0.857. The zero-order valence-electron chi connectivity index (χ0n) is 45.0. The highest BCUT2D eigenvalue weighted by molar-refractivity contribution is 5.84. The Morgan fingerprint density at radius 3 is 0.744 bits per heavy atom. The summed E-state index contributed by atoms with van der Waals surface area (Å²) in [7, 11) is 0. The molecule has 21 heterocycles. The van der Waals surface area contributed by atoms with E-state index in [-0.39, 0.29) is 5.69 Å². The molecule has 1 amide bonds. The van der Waals surface area contributed by atoms with Crippen molar-refractivity contribution < 1.29 is 178 Å². The van der Waals surface area contributed by atoms with Gasteiger partial charge < -0.3 is 173 Å². The summed E-state index contributed by atoms with van der Waals surface area (Å²) in [5.41, 5.74) is 0.160. The van der Waals surface area contributed by atoms with Crippen LogP contribution < -0.4 is 5.32 Å². The summed E-state index contributed by atoms with van der Waals surface area (Å²) in [5, 5.41) is 225. The number of carbonyl (C=O) groups excluding carboxylic acids is 1. The molecule has 21 aliphatic rings. The predicted molar refractivity (Wildman–Crippen MR) is 263 cm³/mol. The normalized spacial score (nSPS) is 50.6. The highest BCUT2D eigenvalue weighted by Gasteiger charge is 2.60. The van der Waals surface area contributed by atoms with E-state index in [0.717, 1.165) is 0 Å². The van der Waals surface area contributed by atoms with E-state index < -0.39 is 267 Å². The number of aliphatic hydroxyl groups is 20. The first-order valence-corrected chi connectivity index (χ1v) is 27.4. The molecule has 0 saturated carbocycles. The molecule has 21 fully saturated rings. The van der Waals surface area contributed by atoms with Gasteiger partial charge in [0.05, 0.1) is 46.2 Å². The third kappa shape index (κ3) is 13.7. The van der Waals surface area contributed by atoms with Gasteiger partial charge in [0.25, 0.3) is 0 Å². The van der Waals surface area contributed by atoms with Crippen LogP contribution in [0.4, 0.5) is 10.5 Å². The Hall–Kier alpha value is -2.87. The molecule has 35 atom stereocenters. The molecule has 21 N–H and O–H groups in total. The van der Waals surface area contributed by atoms with Crippen LogP contribution in [0.2, 0.25) is 0 Å². The molecule has 1 aromatic carbocycles. The van der Waals surface area contributed by atoms with Gasteiger partial charge in [-0.25, -0.2) is 4.79 Å². The lowest BCUT2D eigenvalue weighted by Crippen LogP contribution is -2.68. The molecule has 37 heteroatoms. The molecule has 492 valence electrons. The average molecular weight is 1250 g/mol. The fourth-order valence-corrected chi connectivity index (χ4v) is 11.3. The Morgan fingerprint density at radius 1 is 0.302 bits per heavy atom. The van der Waals surface area contributed by atoms with Crippen LogP contribution >= 0.6 is 0 Å². The summed E-state index contributed by atoms with van der Waals surface area (Å²) in [6.07, 6.45) is -73.0. The van der Waals surface area contributed by atoms with Gasteiger partial charge in [0, 0.05) is 5.69 Å². The van der Waals surface area contributed by atoms with E-state index in [0.29, 0.717) is 0 Å². The molecule has 0 unspecified atom stereocenters. The molecule has 21 aliphatic heterocycles. The Balaban J connectivity index is 1.03. The van der Waals surface area contributed by atoms with E-state index in [1.54, 1.807) is 18.2 Å². The van der Waals surface area contributed by atoms with Crippen LogP contribution in [0.1, 0.15) is 0 Å². The van der Waals surface area contributed by atoms with Crippen molar-refractivity contribution in [2.24, 2.45) is 0 Å². The maximum Gasteiger partial charge on any atom is 0.412 e. The van der Waals surface area contributed by atoms with Gasteiger partial charge >= 0.3 is 6.09 Å². The van der Waals surface area contributed by atoms with Crippen LogP contribution in [0.15, 0.2) is 30.3 Å². The van der Waals surface area contributed by atoms with Crippen molar-refractivity contribution in [3.63, 3.8) is 0 Å². The number of hydrogen-bond donors (Lipinski definition) is 21. The first-order chi connectivity index (χ1) is 41.1. The molecule has 1 aromatic rings. The topological polar surface area (TPSA) is 572 Å². The molecule has 22 rings (SSSR count). The van der Waals surface area contributed by atoms with E-state index in [2.05, 4.69) is 5.32 Å². The summed E-state index contributed by atoms with van der Waals surface area (Å²) in [4.78, 5) is 13.6. The lowest BCUT2D eigenvalue weighted by Gasteiger charge is -2.50. The quantitative estimate of drug-likeness (QED) is 0.109. The Bertz CT molecular complexity index is 2260. The third-order valence-electron chi connectivity index (χ3n) is 16.0. The molecule has 0 aliphatic carbocycles. The van der Waals surface area contributed by atoms with Crippen molar-refractivity contribution in [3.8, 4) is 0 Å². The largest absolute Gasteiger partial charge is 0.440 e. The summed E-state index contributed by atoms with van der Waals surface area (Å²) in [6.45, 7) is -7.56. The second kappa shape index (κ2) is 29.2. The van der Waals surface area contributed by atoms with Gasteiger partial charge in [-0.15, -0.1) is 0 Å². The van der Waals surface area contributed by atoms with Gasteiger partial charge in [0.2, 0.25) is 0 Å². The summed E-state index contributed by atoms with van der Waals surface area (Å²) in [6, 6.07) is 7.60. The molecular formula is C49H75NO36. The summed E-state index contributed by atoms with van der Waals surface area (Å²) in [5.74, 6) is 0. The van der Waals surface area contributed by atoms with Crippen LogP contribution in [0.5, 0.6) is 0 Å². The smallest absolute Gasteiger partial charge is 0.412 e. The monoisotopic (exact) mass is 1250 g/mol. The predicted octanol–water partition coefficient (Wildman–Crippen LogP) is -13.0. The van der Waals surface area contributed by atoms with E-state index in [4.69, 9.17) is 71.1 Å². The minimum absolute atomic E-state index is 0.160. The van der Waals surface area contributed by atoms with Gasteiger partial charge in [-0.3, -0.25) is 5.32 Å². The molecule has 86 heavy (non-hydrogen) atoms. The number of anilines is 1. The van der Waals surface area contributed by atoms with Crippen LogP contribution in [0, 0.1) is 0 Å². The van der Waals surface area contributed by atoms with E-state index in [9.17, 15) is 107 Å². The Labute approximate surface area is 485 Å². The number of nitrogens with one attached hydrogen (secondary N) is 1. The molecular weight excluding hydrogens is 1180 g/mol. The van der Waals surface area contributed by atoms with Crippen LogP contribution in [0.3, 0.4) is 0 Å². The highest BCUT2D eigenvalue weighted by Crippen LogP contribution is 2.39.